The molecule has 1 aromatic rings. The van der Waals surface area contributed by atoms with Gasteiger partial charge in [-0.25, -0.2) is 0 Å². The molecule has 0 radical (unpaired) electrons. The lowest BCUT2D eigenvalue weighted by atomic mass is 9.92. The SMILES string of the molecule is CC(=O)NC[C@H]1O[C@H](Cc2cc(C(C)(C)C)on2)CC[C@@H]1O. The highest BCUT2D eigenvalue weighted by Crippen LogP contribution is 2.26. The average Bonchev–Trinajstić information content (AvgIpc) is 2.88. The van der Waals surface area contributed by atoms with Crippen LogP contribution in [0, 0.1) is 0 Å². The quantitative estimate of drug-likeness (QED) is 0.881. The van der Waals surface area contributed by atoms with Gasteiger partial charge in [0.25, 0.3) is 0 Å². The monoisotopic (exact) mass is 310 g/mol. The van der Waals surface area contributed by atoms with E-state index >= 15 is 0 Å². The van der Waals surface area contributed by atoms with Crippen LogP contribution in [0.1, 0.15) is 52.0 Å². The van der Waals surface area contributed by atoms with Crippen LogP contribution in [0.5, 0.6) is 0 Å². The maximum atomic E-state index is 11.0. The molecule has 0 aliphatic carbocycles. The third kappa shape index (κ3) is 4.55. The highest BCUT2D eigenvalue weighted by molar-refractivity contribution is 5.72. The molecule has 0 unspecified atom stereocenters. The van der Waals surface area contributed by atoms with Crippen molar-refractivity contribution in [2.24, 2.45) is 0 Å². The Kier molecular flexibility index (Phi) is 5.24. The molecule has 1 aliphatic rings. The molecule has 2 rings (SSSR count). The first-order valence-electron chi connectivity index (χ1n) is 7.79. The molecule has 0 aromatic carbocycles. The molecule has 1 fully saturated rings. The number of hydrogen-bond donors (Lipinski definition) is 2. The predicted octanol–water partition coefficient (Wildman–Crippen LogP) is 1.56. The summed E-state index contributed by atoms with van der Waals surface area (Å²) in [5.74, 6) is 0.734. The van der Waals surface area contributed by atoms with Crippen LogP contribution in [0.3, 0.4) is 0 Å². The molecule has 22 heavy (non-hydrogen) atoms. The first kappa shape index (κ1) is 17.0. The first-order valence-corrected chi connectivity index (χ1v) is 7.79. The summed E-state index contributed by atoms with van der Waals surface area (Å²) >= 11 is 0. The van der Waals surface area contributed by atoms with E-state index in [1.54, 1.807) is 0 Å². The van der Waals surface area contributed by atoms with Crippen LogP contribution < -0.4 is 5.32 Å². The number of nitrogens with zero attached hydrogens (tertiary/aromatic N) is 1. The second-order valence-electron chi connectivity index (χ2n) is 7.01. The van der Waals surface area contributed by atoms with Crippen molar-refractivity contribution in [1.82, 2.24) is 10.5 Å². The second kappa shape index (κ2) is 6.79. The van der Waals surface area contributed by atoms with Crippen LogP contribution in [0.4, 0.5) is 0 Å². The molecular weight excluding hydrogens is 284 g/mol. The Bertz CT molecular complexity index is 506. The zero-order valence-corrected chi connectivity index (χ0v) is 13.8. The summed E-state index contributed by atoms with van der Waals surface area (Å²) in [5.41, 5.74) is 0.799. The molecule has 6 heteroatoms. The average molecular weight is 310 g/mol. The first-order chi connectivity index (χ1) is 10.3. The fraction of sp³-hybridized carbons (Fsp3) is 0.750. The van der Waals surface area contributed by atoms with Gasteiger partial charge in [-0.15, -0.1) is 0 Å². The van der Waals surface area contributed by atoms with Crippen LogP contribution in [-0.4, -0.2) is 41.0 Å². The minimum absolute atomic E-state index is 0.0138. The fourth-order valence-electron chi connectivity index (χ4n) is 2.52. The van der Waals surface area contributed by atoms with Crippen molar-refractivity contribution in [2.45, 2.75) is 70.7 Å². The van der Waals surface area contributed by atoms with E-state index in [0.29, 0.717) is 19.4 Å². The van der Waals surface area contributed by atoms with Gasteiger partial charge in [0.2, 0.25) is 5.91 Å². The van der Waals surface area contributed by atoms with E-state index in [4.69, 9.17) is 9.26 Å². The van der Waals surface area contributed by atoms with Crippen molar-refractivity contribution in [2.75, 3.05) is 6.54 Å². The van der Waals surface area contributed by atoms with E-state index in [-0.39, 0.29) is 23.5 Å². The number of aliphatic hydroxyl groups excluding tert-OH is 1. The molecule has 1 amide bonds. The zero-order chi connectivity index (χ0) is 16.3. The lowest BCUT2D eigenvalue weighted by molar-refractivity contribution is -0.127. The molecular formula is C16H26N2O4. The van der Waals surface area contributed by atoms with E-state index in [1.807, 2.05) is 6.07 Å². The van der Waals surface area contributed by atoms with Crippen LogP contribution in [0.15, 0.2) is 10.6 Å². The van der Waals surface area contributed by atoms with Crippen molar-refractivity contribution in [1.29, 1.82) is 0 Å². The minimum atomic E-state index is -0.537. The van der Waals surface area contributed by atoms with Crippen LogP contribution in [-0.2, 0) is 21.4 Å². The van der Waals surface area contributed by atoms with Crippen molar-refractivity contribution < 1.29 is 19.2 Å². The van der Waals surface area contributed by atoms with Gasteiger partial charge in [0.15, 0.2) is 0 Å². The van der Waals surface area contributed by atoms with Gasteiger partial charge < -0.3 is 19.7 Å². The van der Waals surface area contributed by atoms with Gasteiger partial charge in [-0.1, -0.05) is 25.9 Å². The third-order valence-corrected chi connectivity index (χ3v) is 3.87. The van der Waals surface area contributed by atoms with Crippen LogP contribution in [0.25, 0.3) is 0 Å². The number of amides is 1. The number of aliphatic hydroxyl groups is 1. The van der Waals surface area contributed by atoms with Gasteiger partial charge in [0, 0.05) is 31.4 Å². The van der Waals surface area contributed by atoms with Gasteiger partial charge in [0.1, 0.15) is 11.9 Å². The third-order valence-electron chi connectivity index (χ3n) is 3.87. The Hall–Kier alpha value is -1.40. The van der Waals surface area contributed by atoms with Crippen molar-refractivity contribution in [3.63, 3.8) is 0 Å². The molecule has 0 bridgehead atoms. The van der Waals surface area contributed by atoms with Crippen LogP contribution >= 0.6 is 0 Å². The Morgan fingerprint density at radius 3 is 2.77 bits per heavy atom. The lowest BCUT2D eigenvalue weighted by Gasteiger charge is -2.33. The van der Waals surface area contributed by atoms with Crippen molar-refractivity contribution >= 4 is 5.91 Å². The lowest BCUT2D eigenvalue weighted by Crippen LogP contribution is -2.46. The summed E-state index contributed by atoms with van der Waals surface area (Å²) in [6, 6.07) is 1.97. The summed E-state index contributed by atoms with van der Waals surface area (Å²) in [7, 11) is 0. The van der Waals surface area contributed by atoms with Gasteiger partial charge in [-0.3, -0.25) is 4.79 Å². The smallest absolute Gasteiger partial charge is 0.216 e. The zero-order valence-electron chi connectivity index (χ0n) is 13.8. The number of nitrogens with one attached hydrogen (secondary N) is 1. The van der Waals surface area contributed by atoms with Crippen molar-refractivity contribution in [3.05, 3.63) is 17.5 Å². The molecule has 6 nitrogen and oxygen atoms in total. The maximum absolute atomic E-state index is 11.0. The van der Waals surface area contributed by atoms with E-state index < -0.39 is 6.10 Å². The number of ether oxygens (including phenoxy) is 1. The molecule has 0 saturated carbocycles. The molecule has 2 N–H and O–H groups in total. The molecule has 3 atom stereocenters. The number of aromatic nitrogens is 1. The summed E-state index contributed by atoms with van der Waals surface area (Å²) < 4.78 is 11.3. The molecule has 0 spiro atoms. The Morgan fingerprint density at radius 2 is 2.18 bits per heavy atom. The predicted molar refractivity (Wildman–Crippen MR) is 81.5 cm³/mol. The summed E-state index contributed by atoms with van der Waals surface area (Å²) in [4.78, 5) is 11.0. The van der Waals surface area contributed by atoms with E-state index in [2.05, 4.69) is 31.2 Å². The molecule has 1 aromatic heterocycles. The summed E-state index contributed by atoms with van der Waals surface area (Å²) in [5, 5.41) is 16.8. The summed E-state index contributed by atoms with van der Waals surface area (Å²) in [6.45, 7) is 8.02. The fourth-order valence-corrected chi connectivity index (χ4v) is 2.52. The Labute approximate surface area is 131 Å². The summed E-state index contributed by atoms with van der Waals surface area (Å²) in [6.07, 6.45) is 1.18. The van der Waals surface area contributed by atoms with Crippen molar-refractivity contribution in [3.8, 4) is 0 Å². The topological polar surface area (TPSA) is 84.6 Å². The Balaban J connectivity index is 1.92. The second-order valence-corrected chi connectivity index (χ2v) is 7.01. The van der Waals surface area contributed by atoms with Crippen LogP contribution in [0.2, 0.25) is 0 Å². The van der Waals surface area contributed by atoms with Gasteiger partial charge >= 0.3 is 0 Å². The molecule has 1 saturated heterocycles. The molecule has 124 valence electrons. The minimum Gasteiger partial charge on any atom is -0.390 e. The highest BCUT2D eigenvalue weighted by Gasteiger charge is 2.31. The largest absolute Gasteiger partial charge is 0.390 e. The standard InChI is InChI=1S/C16H26N2O4/c1-10(19)17-9-14-13(20)6-5-12(21-14)7-11-8-15(22-18-11)16(2,3)4/h8,12-14,20H,5-7,9H2,1-4H3,(H,17,19)/t12-,13-,14+/m0/s1. The van der Waals surface area contributed by atoms with Gasteiger partial charge in [-0.2, -0.15) is 0 Å². The normalized spacial score (nSPS) is 26.0. The molecule has 2 heterocycles. The number of rotatable bonds is 4. The van der Waals surface area contributed by atoms with E-state index in [9.17, 15) is 9.90 Å². The highest BCUT2D eigenvalue weighted by atomic mass is 16.5. The maximum Gasteiger partial charge on any atom is 0.216 e. The van der Waals surface area contributed by atoms with Gasteiger partial charge in [-0.05, 0) is 12.8 Å². The number of hydrogen-bond acceptors (Lipinski definition) is 5. The number of carbonyl (C=O) groups excluding carboxylic acids is 1. The van der Waals surface area contributed by atoms with Gasteiger partial charge in [0.05, 0.1) is 17.9 Å². The Morgan fingerprint density at radius 1 is 1.45 bits per heavy atom. The van der Waals surface area contributed by atoms with E-state index in [0.717, 1.165) is 17.9 Å². The van der Waals surface area contributed by atoms with E-state index in [1.165, 1.54) is 6.92 Å². The molecule has 1 aliphatic heterocycles. The number of carbonyl (C=O) groups is 1.